The van der Waals surface area contributed by atoms with Crippen molar-refractivity contribution in [1.29, 1.82) is 0 Å². The Morgan fingerprint density at radius 2 is 2.20 bits per heavy atom. The van der Waals surface area contributed by atoms with E-state index in [0.717, 1.165) is 13.3 Å². The summed E-state index contributed by atoms with van der Waals surface area (Å²) in [6.45, 7) is -0.0607. The zero-order chi connectivity index (χ0) is 15.4. The van der Waals surface area contributed by atoms with Gasteiger partial charge in [-0.15, -0.1) is 0 Å². The van der Waals surface area contributed by atoms with Crippen LogP contribution in [0.1, 0.15) is 12.2 Å². The van der Waals surface area contributed by atoms with Crippen molar-refractivity contribution in [3.05, 3.63) is 18.2 Å². The highest BCUT2D eigenvalue weighted by Gasteiger charge is 2.48. The van der Waals surface area contributed by atoms with Crippen LogP contribution >= 0.6 is 0 Å². The fraction of sp³-hybridized carbons (Fsp3) is 0.556. The number of oxime groups is 1. The van der Waals surface area contributed by atoms with E-state index >= 15 is 0 Å². The van der Waals surface area contributed by atoms with Gasteiger partial charge in [-0.1, -0.05) is 5.16 Å². The van der Waals surface area contributed by atoms with E-state index in [1.54, 1.807) is 0 Å². The van der Waals surface area contributed by atoms with Gasteiger partial charge < -0.3 is 9.77 Å². The number of nitrogens with zero attached hydrogens (tertiary/aromatic N) is 4. The molecular formula is C9H13F3N4O3S. The zero-order valence-electron chi connectivity index (χ0n) is 10.4. The number of imidazole rings is 1. The van der Waals surface area contributed by atoms with Crippen LogP contribution < -0.4 is 0 Å². The molecule has 0 saturated heterocycles. The molecule has 0 spiro atoms. The second-order valence-corrected chi connectivity index (χ2v) is 5.89. The van der Waals surface area contributed by atoms with Crippen LogP contribution in [0.2, 0.25) is 0 Å². The van der Waals surface area contributed by atoms with Gasteiger partial charge in [-0.2, -0.15) is 17.5 Å². The molecule has 0 unspecified atom stereocenters. The maximum absolute atomic E-state index is 12.3. The molecule has 1 heterocycles. The van der Waals surface area contributed by atoms with Crippen molar-refractivity contribution in [2.24, 2.45) is 5.16 Å². The summed E-state index contributed by atoms with van der Waals surface area (Å²) in [6, 6.07) is 0. The molecule has 0 radical (unpaired) electrons. The van der Waals surface area contributed by atoms with Crippen molar-refractivity contribution >= 4 is 16.2 Å². The van der Waals surface area contributed by atoms with Crippen LogP contribution in [0.5, 0.6) is 0 Å². The Kier molecular flexibility index (Phi) is 5.11. The SMILES string of the molecule is CN(CCCn1ccnc1/C=N/O)S(=O)(=O)C(F)(F)F. The minimum atomic E-state index is -5.30. The Balaban J connectivity index is 2.59. The first-order valence-electron chi connectivity index (χ1n) is 5.41. The first kappa shape index (κ1) is 16.4. The summed E-state index contributed by atoms with van der Waals surface area (Å²) in [5.41, 5.74) is -5.30. The van der Waals surface area contributed by atoms with Gasteiger partial charge in [-0.3, -0.25) is 0 Å². The molecule has 0 aromatic carbocycles. The fourth-order valence-corrected chi connectivity index (χ4v) is 2.17. The molecule has 0 amide bonds. The molecule has 20 heavy (non-hydrogen) atoms. The number of aromatic nitrogens is 2. The lowest BCUT2D eigenvalue weighted by atomic mass is 10.4. The summed E-state index contributed by atoms with van der Waals surface area (Å²) in [4.78, 5) is 3.83. The monoisotopic (exact) mass is 314 g/mol. The average Bonchev–Trinajstić information content (AvgIpc) is 2.75. The molecule has 11 heteroatoms. The molecule has 0 atom stereocenters. The highest BCUT2D eigenvalue weighted by molar-refractivity contribution is 7.89. The Morgan fingerprint density at radius 3 is 2.75 bits per heavy atom. The van der Waals surface area contributed by atoms with E-state index < -0.39 is 15.5 Å². The van der Waals surface area contributed by atoms with E-state index in [4.69, 9.17) is 5.21 Å². The number of aryl methyl sites for hydroxylation is 1. The normalized spacial score (nSPS) is 13.4. The van der Waals surface area contributed by atoms with E-state index in [-0.39, 0.29) is 23.8 Å². The fourth-order valence-electron chi connectivity index (χ4n) is 1.45. The largest absolute Gasteiger partial charge is 0.511 e. The molecule has 0 aliphatic heterocycles. The van der Waals surface area contributed by atoms with Crippen LogP contribution in [0.15, 0.2) is 17.5 Å². The Labute approximate surface area is 113 Å². The maximum Gasteiger partial charge on any atom is 0.511 e. The average molecular weight is 314 g/mol. The summed E-state index contributed by atoms with van der Waals surface area (Å²) in [5, 5.41) is 11.2. The van der Waals surface area contributed by atoms with Crippen molar-refractivity contribution in [1.82, 2.24) is 13.9 Å². The topological polar surface area (TPSA) is 87.8 Å². The van der Waals surface area contributed by atoms with Crippen molar-refractivity contribution in [3.63, 3.8) is 0 Å². The number of hydrogen-bond donors (Lipinski definition) is 1. The lowest BCUT2D eigenvalue weighted by Gasteiger charge is -2.18. The molecule has 7 nitrogen and oxygen atoms in total. The molecule has 114 valence electrons. The quantitative estimate of drug-likeness (QED) is 0.479. The highest BCUT2D eigenvalue weighted by Crippen LogP contribution is 2.25. The minimum Gasteiger partial charge on any atom is -0.411 e. The van der Waals surface area contributed by atoms with Gasteiger partial charge >= 0.3 is 15.5 Å². The number of rotatable bonds is 6. The van der Waals surface area contributed by atoms with Gasteiger partial charge in [0.05, 0.1) is 0 Å². The summed E-state index contributed by atoms with van der Waals surface area (Å²) >= 11 is 0. The van der Waals surface area contributed by atoms with Crippen LogP contribution in [0.4, 0.5) is 13.2 Å². The predicted molar refractivity (Wildman–Crippen MR) is 63.8 cm³/mol. The third-order valence-electron chi connectivity index (χ3n) is 2.50. The molecule has 0 aliphatic rings. The minimum absolute atomic E-state index is 0.147. The first-order valence-corrected chi connectivity index (χ1v) is 6.85. The van der Waals surface area contributed by atoms with Crippen molar-refractivity contribution in [3.8, 4) is 0 Å². The molecule has 1 N–H and O–H groups in total. The number of sulfonamides is 1. The summed E-state index contributed by atoms with van der Waals surface area (Å²) in [6.07, 6.45) is 4.17. The molecule has 1 aromatic rings. The molecular weight excluding hydrogens is 301 g/mol. The number of hydrogen-bond acceptors (Lipinski definition) is 5. The van der Waals surface area contributed by atoms with Gasteiger partial charge in [-0.25, -0.2) is 13.4 Å². The van der Waals surface area contributed by atoms with Gasteiger partial charge in [0.2, 0.25) is 0 Å². The molecule has 0 aliphatic carbocycles. The third-order valence-corrected chi connectivity index (χ3v) is 4.08. The Hall–Kier alpha value is -1.62. The van der Waals surface area contributed by atoms with Crippen LogP contribution in [-0.4, -0.2) is 52.8 Å². The van der Waals surface area contributed by atoms with E-state index in [9.17, 15) is 21.6 Å². The Bertz CT molecular complexity index is 567. The van der Waals surface area contributed by atoms with Crippen LogP contribution in [0.3, 0.4) is 0 Å². The molecule has 0 bridgehead atoms. The van der Waals surface area contributed by atoms with E-state index in [1.807, 2.05) is 0 Å². The second kappa shape index (κ2) is 6.22. The van der Waals surface area contributed by atoms with Crippen LogP contribution in [0.25, 0.3) is 0 Å². The van der Waals surface area contributed by atoms with Crippen molar-refractivity contribution in [2.45, 2.75) is 18.5 Å². The van der Waals surface area contributed by atoms with Gasteiger partial charge in [0.15, 0.2) is 5.82 Å². The lowest BCUT2D eigenvalue weighted by Crippen LogP contribution is -2.38. The molecule has 0 fully saturated rings. The highest BCUT2D eigenvalue weighted by atomic mass is 32.2. The van der Waals surface area contributed by atoms with E-state index in [0.29, 0.717) is 5.82 Å². The predicted octanol–water partition coefficient (Wildman–Crippen LogP) is 0.863. The van der Waals surface area contributed by atoms with Crippen LogP contribution in [-0.2, 0) is 16.6 Å². The number of alkyl halides is 3. The van der Waals surface area contributed by atoms with Crippen LogP contribution in [0, 0.1) is 0 Å². The van der Waals surface area contributed by atoms with Crippen molar-refractivity contribution < 1.29 is 26.8 Å². The number of halogens is 3. The van der Waals surface area contributed by atoms with Gasteiger partial charge in [0.1, 0.15) is 6.21 Å². The first-order chi connectivity index (χ1) is 9.20. The van der Waals surface area contributed by atoms with Crippen molar-refractivity contribution in [2.75, 3.05) is 13.6 Å². The summed E-state index contributed by atoms with van der Waals surface area (Å²) < 4.78 is 60.6. The summed E-state index contributed by atoms with van der Waals surface area (Å²) in [5.74, 6) is 0.314. The second-order valence-electron chi connectivity index (χ2n) is 3.85. The zero-order valence-corrected chi connectivity index (χ0v) is 11.3. The van der Waals surface area contributed by atoms with Gasteiger partial charge in [0, 0.05) is 32.5 Å². The lowest BCUT2D eigenvalue weighted by molar-refractivity contribution is -0.0482. The molecule has 1 rings (SSSR count). The summed E-state index contributed by atoms with van der Waals surface area (Å²) in [7, 11) is -4.43. The maximum atomic E-state index is 12.3. The standard InChI is InChI=1S/C9H13F3N4O3S/c1-15(20(18,19)9(10,11)12)4-2-5-16-6-3-13-8(16)7-14-17/h3,6-7,17H,2,4-5H2,1H3/b14-7+. The Morgan fingerprint density at radius 1 is 1.55 bits per heavy atom. The smallest absolute Gasteiger partial charge is 0.411 e. The van der Waals surface area contributed by atoms with Gasteiger partial charge in [-0.05, 0) is 6.42 Å². The third kappa shape index (κ3) is 3.70. The molecule has 1 aromatic heterocycles. The van der Waals surface area contributed by atoms with E-state index in [1.165, 1.54) is 17.0 Å². The van der Waals surface area contributed by atoms with Gasteiger partial charge in [0.25, 0.3) is 0 Å². The van der Waals surface area contributed by atoms with E-state index in [2.05, 4.69) is 10.1 Å². The molecule has 0 saturated carbocycles.